The summed E-state index contributed by atoms with van der Waals surface area (Å²) < 4.78 is 57.3. The fraction of sp³-hybridized carbons (Fsp3) is 0.538. The number of aliphatic hydroxyl groups excluding tert-OH is 1. The van der Waals surface area contributed by atoms with Crippen LogP contribution < -0.4 is 10.1 Å². The van der Waals surface area contributed by atoms with Gasteiger partial charge in [-0.25, -0.2) is 8.78 Å². The molecule has 1 aliphatic rings. The van der Waals surface area contributed by atoms with Crippen molar-refractivity contribution < 1.29 is 27.4 Å². The maximum Gasteiger partial charge on any atom is 0.203 e. The van der Waals surface area contributed by atoms with Crippen molar-refractivity contribution in [3.63, 3.8) is 0 Å². The summed E-state index contributed by atoms with van der Waals surface area (Å²) in [7, 11) is 0. The fourth-order valence-corrected chi connectivity index (χ4v) is 1.79. The Morgan fingerprint density at radius 3 is 2.30 bits per heavy atom. The second-order valence-electron chi connectivity index (χ2n) is 4.75. The molecule has 3 nitrogen and oxygen atoms in total. The van der Waals surface area contributed by atoms with E-state index in [0.717, 1.165) is 12.8 Å². The lowest BCUT2D eigenvalue weighted by Crippen LogP contribution is -2.35. The summed E-state index contributed by atoms with van der Waals surface area (Å²) >= 11 is 0. The monoisotopic (exact) mass is 293 g/mol. The first kappa shape index (κ1) is 15.1. The predicted molar refractivity (Wildman–Crippen MR) is 63.4 cm³/mol. The number of aliphatic hydroxyl groups is 1. The Hall–Kier alpha value is -1.34. The standard InChI is InChI=1S/C13H15F4NO2/c14-9-5-10(15)12(17)13(11(9)16)20-4-3-8(6-19)18-7-1-2-7/h5,7-8,18-19H,1-4,6H2. The Labute approximate surface area is 113 Å². The van der Waals surface area contributed by atoms with E-state index in [1.807, 2.05) is 0 Å². The molecule has 112 valence electrons. The number of hydrogen-bond acceptors (Lipinski definition) is 3. The maximum absolute atomic E-state index is 13.3. The van der Waals surface area contributed by atoms with E-state index in [2.05, 4.69) is 5.32 Å². The van der Waals surface area contributed by atoms with Crippen molar-refractivity contribution in [3.8, 4) is 5.75 Å². The van der Waals surface area contributed by atoms with Gasteiger partial charge in [-0.2, -0.15) is 8.78 Å². The van der Waals surface area contributed by atoms with Crippen molar-refractivity contribution in [2.45, 2.75) is 31.3 Å². The molecule has 0 heterocycles. The summed E-state index contributed by atoms with van der Waals surface area (Å²) in [5.41, 5.74) is 0. The van der Waals surface area contributed by atoms with Gasteiger partial charge in [-0.05, 0) is 19.3 Å². The molecular weight excluding hydrogens is 278 g/mol. The van der Waals surface area contributed by atoms with Gasteiger partial charge in [-0.1, -0.05) is 0 Å². The lowest BCUT2D eigenvalue weighted by molar-refractivity contribution is 0.199. The largest absolute Gasteiger partial charge is 0.487 e. The van der Waals surface area contributed by atoms with E-state index in [4.69, 9.17) is 9.84 Å². The Morgan fingerprint density at radius 2 is 1.80 bits per heavy atom. The molecule has 1 saturated carbocycles. The van der Waals surface area contributed by atoms with Crippen LogP contribution in [-0.2, 0) is 0 Å². The van der Waals surface area contributed by atoms with Gasteiger partial charge in [-0.3, -0.25) is 0 Å². The van der Waals surface area contributed by atoms with Crippen molar-refractivity contribution >= 4 is 0 Å². The molecule has 1 fully saturated rings. The molecule has 0 aromatic heterocycles. The van der Waals surface area contributed by atoms with Crippen LogP contribution in [0.2, 0.25) is 0 Å². The van der Waals surface area contributed by atoms with Gasteiger partial charge in [0.05, 0.1) is 13.2 Å². The smallest absolute Gasteiger partial charge is 0.203 e. The zero-order valence-corrected chi connectivity index (χ0v) is 10.6. The zero-order valence-electron chi connectivity index (χ0n) is 10.6. The van der Waals surface area contributed by atoms with E-state index in [9.17, 15) is 17.6 Å². The minimum Gasteiger partial charge on any atom is -0.487 e. The van der Waals surface area contributed by atoms with Crippen LogP contribution in [0.1, 0.15) is 19.3 Å². The second-order valence-corrected chi connectivity index (χ2v) is 4.75. The van der Waals surface area contributed by atoms with Gasteiger partial charge in [0.15, 0.2) is 17.4 Å². The molecule has 1 aromatic rings. The molecule has 0 bridgehead atoms. The first-order valence-corrected chi connectivity index (χ1v) is 6.35. The summed E-state index contributed by atoms with van der Waals surface area (Å²) in [5.74, 6) is -7.19. The lowest BCUT2D eigenvalue weighted by Gasteiger charge is -2.16. The van der Waals surface area contributed by atoms with Gasteiger partial charge in [0.2, 0.25) is 11.6 Å². The Balaban J connectivity index is 1.92. The maximum atomic E-state index is 13.3. The first-order valence-electron chi connectivity index (χ1n) is 6.35. The first-order chi connectivity index (χ1) is 9.52. The van der Waals surface area contributed by atoms with Crippen LogP contribution in [-0.4, -0.2) is 30.4 Å². The molecule has 2 N–H and O–H groups in total. The fourth-order valence-electron chi connectivity index (χ4n) is 1.79. The highest BCUT2D eigenvalue weighted by Gasteiger charge is 2.25. The van der Waals surface area contributed by atoms with Crippen molar-refractivity contribution in [1.82, 2.24) is 5.32 Å². The van der Waals surface area contributed by atoms with Crippen LogP contribution in [0.25, 0.3) is 0 Å². The van der Waals surface area contributed by atoms with Gasteiger partial charge < -0.3 is 15.2 Å². The molecule has 20 heavy (non-hydrogen) atoms. The molecule has 0 aliphatic heterocycles. The van der Waals surface area contributed by atoms with Crippen molar-refractivity contribution in [3.05, 3.63) is 29.3 Å². The predicted octanol–water partition coefficient (Wildman–Crippen LogP) is 2.12. The highest BCUT2D eigenvalue weighted by Crippen LogP contribution is 2.26. The summed E-state index contributed by atoms with van der Waals surface area (Å²) in [5, 5.41) is 12.2. The highest BCUT2D eigenvalue weighted by atomic mass is 19.2. The Bertz CT molecular complexity index is 454. The molecule has 1 aromatic carbocycles. The third-order valence-corrected chi connectivity index (χ3v) is 3.05. The number of nitrogens with one attached hydrogen (secondary N) is 1. The van der Waals surface area contributed by atoms with E-state index < -0.39 is 29.0 Å². The minimum atomic E-state index is -1.56. The van der Waals surface area contributed by atoms with Gasteiger partial charge in [-0.15, -0.1) is 0 Å². The van der Waals surface area contributed by atoms with Crippen LogP contribution in [0, 0.1) is 23.3 Å². The van der Waals surface area contributed by atoms with Gasteiger partial charge in [0, 0.05) is 18.2 Å². The third kappa shape index (κ3) is 3.61. The van der Waals surface area contributed by atoms with Crippen LogP contribution in [0.5, 0.6) is 5.75 Å². The van der Waals surface area contributed by atoms with E-state index >= 15 is 0 Å². The zero-order chi connectivity index (χ0) is 14.7. The molecule has 7 heteroatoms. The normalized spacial score (nSPS) is 16.2. The van der Waals surface area contributed by atoms with Crippen LogP contribution >= 0.6 is 0 Å². The van der Waals surface area contributed by atoms with E-state index in [0.29, 0.717) is 6.04 Å². The highest BCUT2D eigenvalue weighted by molar-refractivity contribution is 5.28. The molecule has 2 rings (SSSR count). The van der Waals surface area contributed by atoms with Crippen molar-refractivity contribution in [2.24, 2.45) is 0 Å². The summed E-state index contributed by atoms with van der Waals surface area (Å²) in [6.07, 6.45) is 2.31. The van der Waals surface area contributed by atoms with Crippen molar-refractivity contribution in [1.29, 1.82) is 0 Å². The number of benzene rings is 1. The molecule has 1 atom stereocenters. The van der Waals surface area contributed by atoms with Crippen molar-refractivity contribution in [2.75, 3.05) is 13.2 Å². The van der Waals surface area contributed by atoms with E-state index in [1.165, 1.54) is 0 Å². The molecule has 0 radical (unpaired) electrons. The lowest BCUT2D eigenvalue weighted by atomic mass is 10.2. The van der Waals surface area contributed by atoms with Gasteiger partial charge in [0.1, 0.15) is 0 Å². The van der Waals surface area contributed by atoms with Crippen LogP contribution in [0.3, 0.4) is 0 Å². The number of rotatable bonds is 7. The molecule has 1 unspecified atom stereocenters. The van der Waals surface area contributed by atoms with E-state index in [1.54, 1.807) is 0 Å². The minimum absolute atomic E-state index is 0.128. The quantitative estimate of drug-likeness (QED) is 0.598. The van der Waals surface area contributed by atoms with Crippen LogP contribution in [0.4, 0.5) is 17.6 Å². The topological polar surface area (TPSA) is 41.5 Å². The summed E-state index contributed by atoms with van der Waals surface area (Å²) in [6, 6.07) is 0.210. The second kappa shape index (κ2) is 6.41. The average molecular weight is 293 g/mol. The molecular formula is C13H15F4NO2. The molecule has 1 aliphatic carbocycles. The van der Waals surface area contributed by atoms with Gasteiger partial charge >= 0.3 is 0 Å². The number of ether oxygens (including phenoxy) is 1. The molecule has 0 spiro atoms. The number of hydrogen-bond donors (Lipinski definition) is 2. The molecule has 0 amide bonds. The van der Waals surface area contributed by atoms with Gasteiger partial charge in [0.25, 0.3) is 0 Å². The SMILES string of the molecule is OCC(CCOc1c(F)c(F)cc(F)c1F)NC1CC1. The molecule has 0 saturated heterocycles. The van der Waals surface area contributed by atoms with E-state index in [-0.39, 0.29) is 31.7 Å². The van der Waals surface area contributed by atoms with Crippen LogP contribution in [0.15, 0.2) is 6.07 Å². The third-order valence-electron chi connectivity index (χ3n) is 3.05. The Morgan fingerprint density at radius 1 is 1.20 bits per heavy atom. The Kier molecular flexibility index (Phi) is 4.82. The summed E-state index contributed by atoms with van der Waals surface area (Å²) in [4.78, 5) is 0. The average Bonchev–Trinajstić information content (AvgIpc) is 3.23. The summed E-state index contributed by atoms with van der Waals surface area (Å²) in [6.45, 7) is -0.315. The number of halogens is 4.